The Hall–Kier alpha value is -1.02. The molecule has 0 fully saturated rings. The molecule has 0 aromatic heterocycles. The molecular formula is C11H13NS. The van der Waals surface area contributed by atoms with Crippen molar-refractivity contribution in [1.29, 1.82) is 0 Å². The van der Waals surface area contributed by atoms with Gasteiger partial charge < -0.3 is 0 Å². The summed E-state index contributed by atoms with van der Waals surface area (Å²) in [4.78, 5) is 3.96. The van der Waals surface area contributed by atoms with Crippen molar-refractivity contribution in [2.75, 3.05) is 6.26 Å². The summed E-state index contributed by atoms with van der Waals surface area (Å²) in [7, 11) is 0. The van der Waals surface area contributed by atoms with Gasteiger partial charge in [-0.15, -0.1) is 11.8 Å². The molecule has 0 aliphatic heterocycles. The molecule has 0 heterocycles. The first-order chi connectivity index (χ1) is 6.36. The summed E-state index contributed by atoms with van der Waals surface area (Å²) in [6, 6.07) is 10.3. The maximum Gasteiger partial charge on any atom is 0.0502 e. The van der Waals surface area contributed by atoms with Crippen LogP contribution in [0.15, 0.2) is 46.4 Å². The van der Waals surface area contributed by atoms with Crippen molar-refractivity contribution in [1.82, 2.24) is 0 Å². The van der Waals surface area contributed by atoms with Gasteiger partial charge in [-0.25, -0.2) is 0 Å². The first kappa shape index (κ1) is 10.1. The minimum atomic E-state index is 0.866. The molecule has 0 N–H and O–H groups in total. The van der Waals surface area contributed by atoms with Crippen molar-refractivity contribution in [3.05, 3.63) is 47.0 Å². The van der Waals surface area contributed by atoms with Crippen LogP contribution in [0.5, 0.6) is 0 Å². The molecule has 13 heavy (non-hydrogen) atoms. The van der Waals surface area contributed by atoms with E-state index >= 15 is 0 Å². The zero-order valence-corrected chi connectivity index (χ0v) is 8.55. The molecule has 0 amide bonds. The maximum absolute atomic E-state index is 3.96. The van der Waals surface area contributed by atoms with Crippen LogP contribution in [0.4, 0.5) is 0 Å². The lowest BCUT2D eigenvalue weighted by Crippen LogP contribution is -1.86. The highest BCUT2D eigenvalue weighted by Crippen LogP contribution is 2.11. The minimum Gasteiger partial charge on any atom is -0.268 e. The number of thioether (sulfide) groups is 1. The van der Waals surface area contributed by atoms with E-state index in [1.807, 2.05) is 29.9 Å². The number of hydrogen-bond acceptors (Lipinski definition) is 2. The molecule has 0 saturated heterocycles. The molecule has 0 radical (unpaired) electrons. The van der Waals surface area contributed by atoms with Crippen molar-refractivity contribution >= 4 is 18.5 Å². The van der Waals surface area contributed by atoms with Crippen molar-refractivity contribution in [2.45, 2.75) is 6.42 Å². The quantitative estimate of drug-likeness (QED) is 0.666. The lowest BCUT2D eigenvalue weighted by Gasteiger charge is -2.00. The fourth-order valence-corrected chi connectivity index (χ4v) is 1.51. The molecule has 0 unspecified atom stereocenters. The normalized spacial score (nSPS) is 11.3. The molecule has 68 valence electrons. The summed E-state index contributed by atoms with van der Waals surface area (Å²) >= 11 is 1.66. The van der Waals surface area contributed by atoms with E-state index in [-0.39, 0.29) is 0 Å². The Kier molecular flexibility index (Phi) is 4.33. The summed E-state index contributed by atoms with van der Waals surface area (Å²) in [6.07, 6.45) is 2.89. The van der Waals surface area contributed by atoms with Crippen LogP contribution in [-0.2, 0) is 6.42 Å². The minimum absolute atomic E-state index is 0.866. The van der Waals surface area contributed by atoms with E-state index in [2.05, 4.69) is 23.8 Å². The van der Waals surface area contributed by atoms with Crippen LogP contribution in [0.25, 0.3) is 0 Å². The molecule has 0 aliphatic rings. The monoisotopic (exact) mass is 191 g/mol. The van der Waals surface area contributed by atoms with Gasteiger partial charge in [0.1, 0.15) is 0 Å². The highest BCUT2D eigenvalue weighted by atomic mass is 32.2. The predicted octanol–water partition coefficient (Wildman–Crippen LogP) is 3.13. The van der Waals surface area contributed by atoms with Crippen molar-refractivity contribution in [3.8, 4) is 0 Å². The Morgan fingerprint density at radius 1 is 1.46 bits per heavy atom. The SMILES string of the molecule is C=N/C(=C\SC)Cc1ccccc1. The zero-order valence-electron chi connectivity index (χ0n) is 7.73. The lowest BCUT2D eigenvalue weighted by atomic mass is 10.1. The molecule has 0 aliphatic carbocycles. The molecular weight excluding hydrogens is 178 g/mol. The molecule has 1 rings (SSSR count). The van der Waals surface area contributed by atoms with Gasteiger partial charge in [-0.1, -0.05) is 30.3 Å². The second-order valence-corrected chi connectivity index (χ2v) is 3.37. The number of allylic oxidation sites excluding steroid dienone is 1. The third-order valence-electron chi connectivity index (χ3n) is 1.69. The summed E-state index contributed by atoms with van der Waals surface area (Å²) in [6.45, 7) is 3.54. The third kappa shape index (κ3) is 3.47. The van der Waals surface area contributed by atoms with E-state index in [1.165, 1.54) is 5.56 Å². The Bertz CT molecular complexity index is 290. The van der Waals surface area contributed by atoms with Gasteiger partial charge in [0, 0.05) is 6.42 Å². The summed E-state index contributed by atoms with van der Waals surface area (Å²) in [5.41, 5.74) is 2.30. The van der Waals surface area contributed by atoms with Crippen LogP contribution in [0, 0.1) is 0 Å². The highest BCUT2D eigenvalue weighted by Gasteiger charge is 1.95. The largest absolute Gasteiger partial charge is 0.268 e. The van der Waals surface area contributed by atoms with E-state index in [0.29, 0.717) is 0 Å². The molecule has 0 bridgehead atoms. The van der Waals surface area contributed by atoms with Gasteiger partial charge in [-0.05, 0) is 23.9 Å². The van der Waals surface area contributed by atoms with Gasteiger partial charge in [0.2, 0.25) is 0 Å². The Balaban J connectivity index is 2.68. The van der Waals surface area contributed by atoms with Gasteiger partial charge in [-0.2, -0.15) is 0 Å². The van der Waals surface area contributed by atoms with Gasteiger partial charge in [0.15, 0.2) is 0 Å². The van der Waals surface area contributed by atoms with Crippen LogP contribution in [-0.4, -0.2) is 13.0 Å². The molecule has 1 aromatic rings. The number of rotatable bonds is 4. The third-order valence-corrected chi connectivity index (χ3v) is 2.19. The average Bonchev–Trinajstić information content (AvgIpc) is 2.19. The number of hydrogen-bond donors (Lipinski definition) is 0. The van der Waals surface area contributed by atoms with Crippen LogP contribution in [0.3, 0.4) is 0 Å². The number of nitrogens with zero attached hydrogens (tertiary/aromatic N) is 1. The molecule has 0 spiro atoms. The first-order valence-corrected chi connectivity index (χ1v) is 5.38. The van der Waals surface area contributed by atoms with Crippen LogP contribution < -0.4 is 0 Å². The molecule has 2 heteroatoms. The second kappa shape index (κ2) is 5.60. The van der Waals surface area contributed by atoms with Crippen molar-refractivity contribution in [3.63, 3.8) is 0 Å². The Morgan fingerprint density at radius 2 is 2.15 bits per heavy atom. The topological polar surface area (TPSA) is 12.4 Å². The fraction of sp³-hybridized carbons (Fsp3) is 0.182. The second-order valence-electron chi connectivity index (χ2n) is 2.67. The molecule has 1 aromatic carbocycles. The molecule has 1 nitrogen and oxygen atoms in total. The average molecular weight is 191 g/mol. The Labute approximate surface area is 83.6 Å². The van der Waals surface area contributed by atoms with E-state index < -0.39 is 0 Å². The van der Waals surface area contributed by atoms with Crippen molar-refractivity contribution in [2.24, 2.45) is 4.99 Å². The van der Waals surface area contributed by atoms with E-state index in [4.69, 9.17) is 0 Å². The van der Waals surface area contributed by atoms with E-state index in [1.54, 1.807) is 11.8 Å². The maximum atomic E-state index is 3.96. The Morgan fingerprint density at radius 3 is 2.69 bits per heavy atom. The summed E-state index contributed by atoms with van der Waals surface area (Å²) < 4.78 is 0. The van der Waals surface area contributed by atoms with Crippen LogP contribution in [0.1, 0.15) is 5.56 Å². The van der Waals surface area contributed by atoms with E-state index in [0.717, 1.165) is 12.1 Å². The fourth-order valence-electron chi connectivity index (χ4n) is 1.08. The standard InChI is InChI=1S/C11H13NS/c1-12-11(9-13-2)8-10-6-4-3-5-7-10/h3-7,9H,1,8H2,2H3/b11-9-. The van der Waals surface area contributed by atoms with E-state index in [9.17, 15) is 0 Å². The van der Waals surface area contributed by atoms with Gasteiger partial charge in [0.25, 0.3) is 0 Å². The zero-order chi connectivity index (χ0) is 9.52. The predicted molar refractivity (Wildman–Crippen MR) is 61.3 cm³/mol. The number of aliphatic imine (C=N–C) groups is 1. The summed E-state index contributed by atoms with van der Waals surface area (Å²) in [5.74, 6) is 0. The van der Waals surface area contributed by atoms with Crippen LogP contribution >= 0.6 is 11.8 Å². The smallest absolute Gasteiger partial charge is 0.0502 e. The first-order valence-electron chi connectivity index (χ1n) is 4.09. The highest BCUT2D eigenvalue weighted by molar-refractivity contribution is 8.01. The number of benzene rings is 1. The van der Waals surface area contributed by atoms with Gasteiger partial charge >= 0.3 is 0 Å². The molecule has 0 saturated carbocycles. The van der Waals surface area contributed by atoms with Gasteiger partial charge in [-0.3, -0.25) is 4.99 Å². The molecule has 0 atom stereocenters. The van der Waals surface area contributed by atoms with Crippen LogP contribution in [0.2, 0.25) is 0 Å². The van der Waals surface area contributed by atoms with Gasteiger partial charge in [0.05, 0.1) is 5.70 Å². The summed E-state index contributed by atoms with van der Waals surface area (Å²) in [5, 5.41) is 2.03. The lowest BCUT2D eigenvalue weighted by molar-refractivity contribution is 1.12. The van der Waals surface area contributed by atoms with Crippen molar-refractivity contribution < 1.29 is 0 Å².